The maximum absolute atomic E-state index is 13.8. The highest BCUT2D eigenvalue weighted by atomic mass is 16.6. The summed E-state index contributed by atoms with van der Waals surface area (Å²) in [6.07, 6.45) is -2.66. The zero-order chi connectivity index (χ0) is 36.3. The zero-order valence-electron chi connectivity index (χ0n) is 29.1. The van der Waals surface area contributed by atoms with Gasteiger partial charge in [0.2, 0.25) is 12.3 Å². The number of ether oxygens (including phenoxy) is 2. The number of aromatic nitrogens is 6. The molecule has 0 radical (unpaired) electrons. The Hall–Kier alpha value is -4.88. The monoisotopic (exact) mass is 705 g/mol. The lowest BCUT2D eigenvalue weighted by Crippen LogP contribution is -2.55. The van der Waals surface area contributed by atoms with Crippen LogP contribution >= 0.6 is 0 Å². The van der Waals surface area contributed by atoms with E-state index in [0.29, 0.717) is 62.1 Å². The van der Waals surface area contributed by atoms with E-state index >= 15 is 0 Å². The number of carbonyl (C=O) groups excluding carboxylic acids is 2. The number of fused-ring (bicyclic) bond motifs is 3. The zero-order valence-corrected chi connectivity index (χ0v) is 29.1. The van der Waals surface area contributed by atoms with Crippen molar-refractivity contribution in [1.82, 2.24) is 39.3 Å². The van der Waals surface area contributed by atoms with Crippen molar-refractivity contribution in [3.05, 3.63) is 46.7 Å². The van der Waals surface area contributed by atoms with Crippen LogP contribution in [-0.2, 0) is 24.6 Å². The fourth-order valence-corrected chi connectivity index (χ4v) is 7.47. The van der Waals surface area contributed by atoms with Gasteiger partial charge in [0, 0.05) is 32.6 Å². The first kappa shape index (κ1) is 34.6. The molecule has 2 aliphatic heterocycles. The molecule has 4 aromatic rings. The van der Waals surface area contributed by atoms with Crippen molar-refractivity contribution >= 4 is 40.6 Å². The highest BCUT2D eigenvalue weighted by Gasteiger charge is 2.44. The summed E-state index contributed by atoms with van der Waals surface area (Å²) < 4.78 is 15.1. The van der Waals surface area contributed by atoms with Gasteiger partial charge in [-0.05, 0) is 50.4 Å². The second-order valence-corrected chi connectivity index (χ2v) is 12.9. The summed E-state index contributed by atoms with van der Waals surface area (Å²) in [7, 11) is 3.32. The number of carbonyl (C=O) groups is 2. The highest BCUT2D eigenvalue weighted by molar-refractivity contribution is 6.06. The molecule has 3 aliphatic rings. The van der Waals surface area contributed by atoms with E-state index < -0.39 is 36.8 Å². The first-order chi connectivity index (χ1) is 24.5. The molecule has 0 spiro atoms. The van der Waals surface area contributed by atoms with Gasteiger partial charge in [0.05, 0.1) is 19.0 Å². The van der Waals surface area contributed by atoms with Crippen LogP contribution in [0.4, 0.5) is 17.6 Å². The van der Waals surface area contributed by atoms with Crippen molar-refractivity contribution in [3.8, 4) is 5.75 Å². The van der Waals surface area contributed by atoms with Gasteiger partial charge in [-0.1, -0.05) is 13.0 Å². The summed E-state index contributed by atoms with van der Waals surface area (Å²) in [6.45, 7) is 7.47. The molecule has 1 aliphatic carbocycles. The molecule has 5 heterocycles. The van der Waals surface area contributed by atoms with E-state index in [1.54, 1.807) is 11.0 Å². The smallest absolute Gasteiger partial charge is 0.277 e. The quantitative estimate of drug-likeness (QED) is 0.129. The van der Waals surface area contributed by atoms with Crippen molar-refractivity contribution in [3.63, 3.8) is 0 Å². The molecule has 7 N–H and O–H groups in total. The normalized spacial score (nSPS) is 24.4. The molecule has 272 valence electrons. The number of aliphatic hydroxyl groups excluding tert-OH is 3. The van der Waals surface area contributed by atoms with E-state index in [1.165, 1.54) is 22.9 Å². The van der Waals surface area contributed by atoms with Crippen LogP contribution in [0.2, 0.25) is 0 Å². The molecule has 1 saturated heterocycles. The molecule has 0 bridgehead atoms. The third-order valence-corrected chi connectivity index (χ3v) is 10.1. The number of imidazole rings is 2. The Bertz CT molecular complexity index is 2000. The SMILES string of the molecule is CCNCC1O[C@@H](n2cnc3c(N)nc(NC(=O)c4ccc5c(c4OC)CC(c4nc6c(n4C)C(=O)N(CC)C(O)N6CC)C5)nc32)[C@H](O)[C@@H]1O. The molecule has 51 heavy (non-hydrogen) atoms. The first-order valence-corrected chi connectivity index (χ1v) is 17.1. The summed E-state index contributed by atoms with van der Waals surface area (Å²) in [6, 6.07) is 3.56. The predicted octanol–water partition coefficient (Wildman–Crippen LogP) is 0.0919. The molecular formula is C33H43N11O7. The average Bonchev–Trinajstić information content (AvgIpc) is 3.88. The lowest BCUT2D eigenvalue weighted by atomic mass is 10.0. The largest absolute Gasteiger partial charge is 0.496 e. The fraction of sp³-hybridized carbons (Fsp3) is 0.515. The Kier molecular flexibility index (Phi) is 9.05. The van der Waals surface area contributed by atoms with Crippen LogP contribution < -0.4 is 26.0 Å². The highest BCUT2D eigenvalue weighted by Crippen LogP contribution is 2.42. The minimum Gasteiger partial charge on any atom is -0.496 e. The van der Waals surface area contributed by atoms with E-state index in [0.717, 1.165) is 11.1 Å². The molecule has 7 rings (SSSR count). The molecule has 18 nitrogen and oxygen atoms in total. The molecule has 1 aromatic carbocycles. The minimum absolute atomic E-state index is 0.00232. The first-order valence-electron chi connectivity index (χ1n) is 17.1. The topological polar surface area (TPSA) is 231 Å². The number of nitrogens with zero attached hydrogens (tertiary/aromatic N) is 8. The van der Waals surface area contributed by atoms with Crippen molar-refractivity contribution in [1.29, 1.82) is 0 Å². The van der Waals surface area contributed by atoms with Gasteiger partial charge in [0.15, 0.2) is 29.2 Å². The van der Waals surface area contributed by atoms with Gasteiger partial charge in [-0.25, -0.2) is 9.97 Å². The predicted molar refractivity (Wildman–Crippen MR) is 184 cm³/mol. The molecule has 1 fully saturated rings. The standard InChI is InChI=1S/C33H43N11O7/c1-6-35-13-19-22(45)23(46)31(51-19)44-14-36-20-25(34)37-32(39-27(20)44)40-29(47)17-10-9-15-11-16(12-18(15)24(17)50-5)26-38-28-21(41(26)4)30(48)43(8-3)33(49)42(28)7-2/h9-10,14,16,19,22-23,31,33,35,45-46,49H,6-8,11-13H2,1-5H3,(H3,34,37,39,40,47)/t16?,19?,22-,23-,31-,33?/m1/s1. The van der Waals surface area contributed by atoms with Gasteiger partial charge in [-0.2, -0.15) is 9.97 Å². The minimum atomic E-state index is -1.26. The van der Waals surface area contributed by atoms with Crippen molar-refractivity contribution in [2.24, 2.45) is 7.05 Å². The van der Waals surface area contributed by atoms with E-state index in [1.807, 2.05) is 38.5 Å². The van der Waals surface area contributed by atoms with Crippen LogP contribution in [0.1, 0.15) is 70.7 Å². The Morgan fingerprint density at radius 1 is 1.08 bits per heavy atom. The van der Waals surface area contributed by atoms with Crippen molar-refractivity contribution < 1.29 is 34.4 Å². The number of nitrogens with two attached hydrogens (primary N) is 1. The second kappa shape index (κ2) is 13.3. The van der Waals surface area contributed by atoms with Crippen molar-refractivity contribution in [2.75, 3.05) is 49.2 Å². The number of amides is 2. The Morgan fingerprint density at radius 3 is 2.55 bits per heavy atom. The van der Waals surface area contributed by atoms with E-state index in [4.69, 9.17) is 20.2 Å². The van der Waals surface area contributed by atoms with Crippen molar-refractivity contribution in [2.45, 2.75) is 70.4 Å². The number of likely N-dealkylation sites (N-methyl/N-ethyl adjacent to an activating group) is 1. The van der Waals surface area contributed by atoms with Crippen LogP contribution in [0, 0.1) is 0 Å². The van der Waals surface area contributed by atoms with E-state index in [9.17, 15) is 24.9 Å². The Morgan fingerprint density at radius 2 is 1.84 bits per heavy atom. The Labute approximate surface area is 293 Å². The lowest BCUT2D eigenvalue weighted by Gasteiger charge is -2.39. The van der Waals surface area contributed by atoms with Gasteiger partial charge in [0.1, 0.15) is 35.4 Å². The number of methoxy groups -OCH3 is 1. The summed E-state index contributed by atoms with van der Waals surface area (Å²) in [5.74, 6) is 0.526. The summed E-state index contributed by atoms with van der Waals surface area (Å²) in [4.78, 5) is 48.2. The third kappa shape index (κ3) is 5.53. The summed E-state index contributed by atoms with van der Waals surface area (Å²) in [5.41, 5.74) is 9.18. The maximum Gasteiger partial charge on any atom is 0.277 e. The fourth-order valence-electron chi connectivity index (χ4n) is 7.47. The lowest BCUT2D eigenvalue weighted by molar-refractivity contribution is -0.0340. The number of nitrogens with one attached hydrogen (secondary N) is 2. The van der Waals surface area contributed by atoms with Crippen LogP contribution in [0.5, 0.6) is 5.75 Å². The van der Waals surface area contributed by atoms with Gasteiger partial charge >= 0.3 is 0 Å². The molecule has 3 unspecified atom stereocenters. The van der Waals surface area contributed by atoms with E-state index in [2.05, 4.69) is 25.6 Å². The van der Waals surface area contributed by atoms with E-state index in [-0.39, 0.29) is 40.3 Å². The second-order valence-electron chi connectivity index (χ2n) is 12.9. The number of hydrogen-bond donors (Lipinski definition) is 6. The van der Waals surface area contributed by atoms with Crippen LogP contribution in [-0.4, -0.2) is 119 Å². The number of anilines is 3. The molecule has 3 aromatic heterocycles. The molecular weight excluding hydrogens is 662 g/mol. The van der Waals surface area contributed by atoms with Crippen LogP contribution in [0.25, 0.3) is 11.2 Å². The number of hydrogen-bond acceptors (Lipinski definition) is 14. The summed E-state index contributed by atoms with van der Waals surface area (Å²) in [5, 5.41) is 38.1. The van der Waals surface area contributed by atoms with Gasteiger partial charge < -0.3 is 45.3 Å². The van der Waals surface area contributed by atoms with Crippen LogP contribution in [0.15, 0.2) is 18.5 Å². The van der Waals surface area contributed by atoms with Gasteiger partial charge in [0.25, 0.3) is 11.8 Å². The average molecular weight is 706 g/mol. The molecule has 18 heteroatoms. The number of rotatable bonds is 10. The molecule has 6 atom stereocenters. The maximum atomic E-state index is 13.8. The van der Waals surface area contributed by atoms with Gasteiger partial charge in [-0.15, -0.1) is 0 Å². The number of nitrogen functional groups attached to an aromatic ring is 1. The van der Waals surface area contributed by atoms with Gasteiger partial charge in [-0.3, -0.25) is 24.4 Å². The third-order valence-electron chi connectivity index (χ3n) is 10.1. The molecule has 2 amide bonds. The summed E-state index contributed by atoms with van der Waals surface area (Å²) >= 11 is 0. The Balaban J connectivity index is 1.15. The number of aliphatic hydroxyl groups is 3. The molecule has 0 saturated carbocycles. The number of benzene rings is 1. The van der Waals surface area contributed by atoms with Crippen LogP contribution in [0.3, 0.4) is 0 Å².